The lowest BCUT2D eigenvalue weighted by molar-refractivity contribution is 0.490. The van der Waals surface area contributed by atoms with Gasteiger partial charge in [-0.2, -0.15) is 0 Å². The Morgan fingerprint density at radius 3 is 2.86 bits per heavy atom. The van der Waals surface area contributed by atoms with Gasteiger partial charge >= 0.3 is 0 Å². The molecule has 28 heavy (non-hydrogen) atoms. The Bertz CT molecular complexity index is 1080. The van der Waals surface area contributed by atoms with Crippen LogP contribution in [-0.2, 0) is 6.42 Å². The molecule has 4 nitrogen and oxygen atoms in total. The zero-order valence-electron chi connectivity index (χ0n) is 15.8. The molecular formula is C23H24N4S. The zero-order chi connectivity index (χ0) is 18.9. The summed E-state index contributed by atoms with van der Waals surface area (Å²) >= 11 is 1.81. The van der Waals surface area contributed by atoms with Gasteiger partial charge in [0.25, 0.3) is 0 Å². The van der Waals surface area contributed by atoms with Gasteiger partial charge in [-0.1, -0.05) is 30.3 Å². The minimum Gasteiger partial charge on any atom is -0.330 e. The number of thiophene rings is 1. The van der Waals surface area contributed by atoms with Crippen molar-refractivity contribution in [2.75, 3.05) is 6.54 Å². The first-order valence-electron chi connectivity index (χ1n) is 9.94. The van der Waals surface area contributed by atoms with E-state index in [-0.39, 0.29) is 0 Å². The summed E-state index contributed by atoms with van der Waals surface area (Å²) in [5.74, 6) is 0.631. The van der Waals surface area contributed by atoms with Crippen LogP contribution in [0.1, 0.15) is 36.4 Å². The Morgan fingerprint density at radius 1 is 1.14 bits per heavy atom. The minimum atomic E-state index is 0.489. The molecule has 0 radical (unpaired) electrons. The van der Waals surface area contributed by atoms with Crippen molar-refractivity contribution in [3.05, 3.63) is 71.6 Å². The third-order valence-corrected chi connectivity index (χ3v) is 6.92. The van der Waals surface area contributed by atoms with Crippen LogP contribution in [0.5, 0.6) is 0 Å². The highest BCUT2D eigenvalue weighted by Gasteiger charge is 2.27. The van der Waals surface area contributed by atoms with E-state index in [4.69, 9.17) is 5.73 Å². The highest BCUT2D eigenvalue weighted by molar-refractivity contribution is 7.13. The van der Waals surface area contributed by atoms with Crippen molar-refractivity contribution >= 4 is 22.4 Å². The van der Waals surface area contributed by atoms with E-state index in [0.717, 1.165) is 30.4 Å². The van der Waals surface area contributed by atoms with Crippen molar-refractivity contribution in [3.8, 4) is 10.4 Å². The zero-order valence-corrected chi connectivity index (χ0v) is 16.6. The maximum absolute atomic E-state index is 5.92. The second-order valence-electron chi connectivity index (χ2n) is 7.76. The molecule has 1 saturated carbocycles. The van der Waals surface area contributed by atoms with Gasteiger partial charge in [-0.25, -0.2) is 9.97 Å². The molecule has 2 atom stereocenters. The fraction of sp³-hybridized carbons (Fsp3) is 0.304. The van der Waals surface area contributed by atoms with Gasteiger partial charge in [-0.15, -0.1) is 11.3 Å². The average Bonchev–Trinajstić information content (AvgIpc) is 3.46. The molecular weight excluding hydrogens is 364 g/mol. The summed E-state index contributed by atoms with van der Waals surface area (Å²) in [5, 5.41) is 3.42. The van der Waals surface area contributed by atoms with Gasteiger partial charge in [-0.05, 0) is 60.7 Å². The summed E-state index contributed by atoms with van der Waals surface area (Å²) in [4.78, 5) is 10.2. The summed E-state index contributed by atoms with van der Waals surface area (Å²) in [6, 6.07) is 13.4. The minimum absolute atomic E-state index is 0.489. The number of nitrogens with zero attached hydrogens (tertiary/aromatic N) is 3. The highest BCUT2D eigenvalue weighted by atomic mass is 32.1. The monoisotopic (exact) mass is 388 g/mol. The van der Waals surface area contributed by atoms with E-state index in [1.54, 1.807) is 6.33 Å². The molecule has 0 unspecified atom stereocenters. The van der Waals surface area contributed by atoms with E-state index in [2.05, 4.69) is 62.5 Å². The molecule has 0 aliphatic heterocycles. The van der Waals surface area contributed by atoms with Crippen LogP contribution in [0.4, 0.5) is 0 Å². The van der Waals surface area contributed by atoms with Crippen LogP contribution >= 0.6 is 11.3 Å². The normalized spacial score (nSPS) is 19.5. The molecule has 1 aliphatic rings. The quantitative estimate of drug-likeness (QED) is 0.520. The van der Waals surface area contributed by atoms with Crippen LogP contribution in [0.15, 0.2) is 60.5 Å². The maximum atomic E-state index is 5.92. The van der Waals surface area contributed by atoms with Crippen molar-refractivity contribution < 1.29 is 0 Å². The fourth-order valence-electron chi connectivity index (χ4n) is 4.42. The van der Waals surface area contributed by atoms with Crippen LogP contribution in [0, 0.1) is 5.92 Å². The van der Waals surface area contributed by atoms with Gasteiger partial charge in [0.1, 0.15) is 12.0 Å². The lowest BCUT2D eigenvalue weighted by atomic mass is 10.1. The third kappa shape index (κ3) is 3.25. The molecule has 1 aliphatic carbocycles. The van der Waals surface area contributed by atoms with E-state index in [9.17, 15) is 0 Å². The molecule has 1 aromatic carbocycles. The van der Waals surface area contributed by atoms with Crippen LogP contribution < -0.4 is 5.73 Å². The molecule has 0 bridgehead atoms. The highest BCUT2D eigenvalue weighted by Crippen LogP contribution is 2.40. The smallest absolute Gasteiger partial charge is 0.144 e. The van der Waals surface area contributed by atoms with Crippen molar-refractivity contribution in [3.63, 3.8) is 0 Å². The van der Waals surface area contributed by atoms with E-state index in [1.165, 1.54) is 34.4 Å². The molecule has 3 aromatic heterocycles. The first-order valence-corrected chi connectivity index (χ1v) is 10.8. The molecule has 5 rings (SSSR count). The molecule has 0 saturated heterocycles. The van der Waals surface area contributed by atoms with Crippen LogP contribution in [-0.4, -0.2) is 21.1 Å². The molecule has 2 N–H and O–H groups in total. The lowest BCUT2D eigenvalue weighted by Crippen LogP contribution is -2.12. The SMILES string of the molecule is NC[C@@H]1CC[C@H](n2cc(-c3cc(Cc4ccccc4)cs3)c3cncnc32)C1. The van der Waals surface area contributed by atoms with Gasteiger partial charge in [-0.3, -0.25) is 0 Å². The van der Waals surface area contributed by atoms with Gasteiger partial charge in [0.05, 0.1) is 0 Å². The van der Waals surface area contributed by atoms with Crippen molar-refractivity contribution in [1.82, 2.24) is 14.5 Å². The molecule has 3 heterocycles. The van der Waals surface area contributed by atoms with Gasteiger partial charge < -0.3 is 10.3 Å². The predicted molar refractivity (Wildman–Crippen MR) is 116 cm³/mol. The van der Waals surface area contributed by atoms with E-state index >= 15 is 0 Å². The first-order chi connectivity index (χ1) is 13.8. The largest absolute Gasteiger partial charge is 0.330 e. The van der Waals surface area contributed by atoms with Crippen LogP contribution in [0.2, 0.25) is 0 Å². The molecule has 142 valence electrons. The average molecular weight is 389 g/mol. The molecule has 4 aromatic rings. The van der Waals surface area contributed by atoms with Crippen LogP contribution in [0.3, 0.4) is 0 Å². The Balaban J connectivity index is 1.50. The number of fused-ring (bicyclic) bond motifs is 1. The molecule has 5 heteroatoms. The Morgan fingerprint density at radius 2 is 2.04 bits per heavy atom. The Hall–Kier alpha value is -2.50. The Labute approximate surface area is 169 Å². The standard InChI is InChI=1S/C23H24N4S/c24-11-17-6-7-19(9-17)27-13-21(20-12-25-15-26-23(20)27)22-10-18(14-28-22)8-16-4-2-1-3-5-16/h1-5,10,12-15,17,19H,6-9,11,24H2/t17-,19+/m1/s1. The molecule has 0 spiro atoms. The van der Waals surface area contributed by atoms with Crippen molar-refractivity contribution in [2.24, 2.45) is 11.7 Å². The second kappa shape index (κ2) is 7.49. The van der Waals surface area contributed by atoms with E-state index < -0.39 is 0 Å². The van der Waals surface area contributed by atoms with Gasteiger partial charge in [0.15, 0.2) is 0 Å². The Kier molecular flexibility index (Phi) is 4.71. The van der Waals surface area contributed by atoms with Crippen molar-refractivity contribution in [1.29, 1.82) is 0 Å². The fourth-order valence-corrected chi connectivity index (χ4v) is 5.36. The molecule has 1 fully saturated rings. The summed E-state index contributed by atoms with van der Waals surface area (Å²) in [6.07, 6.45) is 10.4. The van der Waals surface area contributed by atoms with E-state index in [0.29, 0.717) is 12.0 Å². The third-order valence-electron chi connectivity index (χ3n) is 5.90. The first kappa shape index (κ1) is 17.6. The second-order valence-corrected chi connectivity index (χ2v) is 8.67. The summed E-state index contributed by atoms with van der Waals surface area (Å²) in [7, 11) is 0. The lowest BCUT2D eigenvalue weighted by Gasteiger charge is -2.13. The topological polar surface area (TPSA) is 56.7 Å². The van der Waals surface area contributed by atoms with Gasteiger partial charge in [0.2, 0.25) is 0 Å². The number of nitrogens with two attached hydrogens (primary N) is 1. The van der Waals surface area contributed by atoms with E-state index in [1.807, 2.05) is 17.5 Å². The number of benzene rings is 1. The number of hydrogen-bond donors (Lipinski definition) is 1. The van der Waals surface area contributed by atoms with Crippen molar-refractivity contribution in [2.45, 2.75) is 31.7 Å². The van der Waals surface area contributed by atoms with Gasteiger partial charge in [0, 0.05) is 34.3 Å². The number of aromatic nitrogens is 3. The molecule has 0 amide bonds. The summed E-state index contributed by atoms with van der Waals surface area (Å²) < 4.78 is 2.37. The van der Waals surface area contributed by atoms with Crippen LogP contribution in [0.25, 0.3) is 21.5 Å². The summed E-state index contributed by atoms with van der Waals surface area (Å²) in [5.41, 5.74) is 10.9. The maximum Gasteiger partial charge on any atom is 0.144 e. The predicted octanol–water partition coefficient (Wildman–Crippen LogP) is 5.05. The summed E-state index contributed by atoms with van der Waals surface area (Å²) in [6.45, 7) is 0.783. The number of rotatable bonds is 5. The number of hydrogen-bond acceptors (Lipinski definition) is 4.